The van der Waals surface area contributed by atoms with Crippen LogP contribution in [0.25, 0.3) is 0 Å². The molecule has 1 aromatic rings. The zero-order valence-electron chi connectivity index (χ0n) is 11.4. The molecule has 18 heavy (non-hydrogen) atoms. The molecule has 0 aliphatic heterocycles. The van der Waals surface area contributed by atoms with Crippen molar-refractivity contribution in [1.29, 1.82) is 0 Å². The van der Waals surface area contributed by atoms with Crippen molar-refractivity contribution in [1.82, 2.24) is 0 Å². The van der Waals surface area contributed by atoms with Crippen LogP contribution in [0.1, 0.15) is 39.2 Å². The van der Waals surface area contributed by atoms with Gasteiger partial charge in [0, 0.05) is 8.90 Å². The van der Waals surface area contributed by atoms with Crippen molar-refractivity contribution in [3.63, 3.8) is 0 Å². The molecule has 0 fully saturated rings. The van der Waals surface area contributed by atoms with Gasteiger partial charge in [-0.3, -0.25) is 0 Å². The summed E-state index contributed by atoms with van der Waals surface area (Å²) in [6.45, 7) is 7.49. The first-order valence-corrected chi connectivity index (χ1v) is 8.80. The zero-order chi connectivity index (χ0) is 13.6. The molecule has 0 N–H and O–H groups in total. The van der Waals surface area contributed by atoms with E-state index in [1.807, 2.05) is 6.07 Å². The third-order valence-electron chi connectivity index (χ3n) is 3.17. The van der Waals surface area contributed by atoms with E-state index in [1.54, 1.807) is 0 Å². The molecule has 1 nitrogen and oxygen atoms in total. The molecule has 0 bridgehead atoms. The summed E-state index contributed by atoms with van der Waals surface area (Å²) in [7, 11) is 0. The van der Waals surface area contributed by atoms with Crippen LogP contribution in [0, 0.1) is 5.92 Å². The predicted molar refractivity (Wildman–Crippen MR) is 90.4 cm³/mol. The van der Waals surface area contributed by atoms with Crippen molar-refractivity contribution in [2.45, 2.75) is 39.2 Å². The van der Waals surface area contributed by atoms with E-state index in [9.17, 15) is 0 Å². The lowest BCUT2D eigenvalue weighted by molar-refractivity contribution is -0.0330. The Morgan fingerprint density at radius 2 is 2.06 bits per heavy atom. The molecule has 0 saturated carbocycles. The molecular weight excluding hydrogens is 403 g/mol. The van der Waals surface area contributed by atoms with E-state index in [0.29, 0.717) is 5.92 Å². The van der Waals surface area contributed by atoms with Crippen LogP contribution in [0.15, 0.2) is 28.7 Å². The van der Waals surface area contributed by atoms with Crippen LogP contribution in [0.5, 0.6) is 0 Å². The van der Waals surface area contributed by atoms with Crippen molar-refractivity contribution in [2.24, 2.45) is 5.92 Å². The number of hydrogen-bond acceptors (Lipinski definition) is 1. The van der Waals surface area contributed by atoms with E-state index < -0.39 is 0 Å². The van der Waals surface area contributed by atoms with Crippen LogP contribution in [0.2, 0.25) is 0 Å². The first-order valence-electron chi connectivity index (χ1n) is 6.48. The van der Waals surface area contributed by atoms with Crippen molar-refractivity contribution in [3.05, 3.63) is 34.3 Å². The molecule has 2 atom stereocenters. The second kappa shape index (κ2) is 7.85. The second-order valence-electron chi connectivity index (χ2n) is 5.05. The van der Waals surface area contributed by atoms with Crippen LogP contribution in [-0.4, -0.2) is 11.0 Å². The molecule has 0 amide bonds. The van der Waals surface area contributed by atoms with Crippen molar-refractivity contribution in [3.8, 4) is 0 Å². The van der Waals surface area contributed by atoms with Gasteiger partial charge in [0.15, 0.2) is 0 Å². The van der Waals surface area contributed by atoms with Gasteiger partial charge in [0.2, 0.25) is 0 Å². The summed E-state index contributed by atoms with van der Waals surface area (Å²) in [5.74, 6) is 0.625. The quantitative estimate of drug-likeness (QED) is 0.411. The molecule has 1 aromatic carbocycles. The lowest BCUT2D eigenvalue weighted by atomic mass is 9.97. The Morgan fingerprint density at radius 1 is 1.39 bits per heavy atom. The molecule has 0 aliphatic rings. The summed E-state index contributed by atoms with van der Waals surface area (Å²) in [6.07, 6.45) is 2.45. The topological polar surface area (TPSA) is 9.23 Å². The van der Waals surface area contributed by atoms with Gasteiger partial charge in [-0.25, -0.2) is 0 Å². The van der Waals surface area contributed by atoms with E-state index in [2.05, 4.69) is 77.5 Å². The largest absolute Gasteiger partial charge is 0.369 e. The first-order chi connectivity index (χ1) is 8.53. The summed E-state index contributed by atoms with van der Waals surface area (Å²) < 4.78 is 8.30. The van der Waals surface area contributed by atoms with Gasteiger partial charge in [-0.05, 0) is 30.9 Å². The molecular formula is C15H22BrIO. The Bertz CT molecular complexity index is 369. The minimum absolute atomic E-state index is 0.206. The second-order valence-corrected chi connectivity index (χ2v) is 6.67. The Kier molecular flexibility index (Phi) is 7.17. The van der Waals surface area contributed by atoms with Crippen LogP contribution in [0.3, 0.4) is 0 Å². The molecule has 0 aromatic heterocycles. The van der Waals surface area contributed by atoms with Gasteiger partial charge < -0.3 is 4.74 Å². The minimum atomic E-state index is -0.206. The van der Waals surface area contributed by atoms with Crippen molar-refractivity contribution in [2.75, 3.05) is 11.0 Å². The highest BCUT2D eigenvalue weighted by Crippen LogP contribution is 2.33. The number of halogens is 2. The number of hydrogen-bond donors (Lipinski definition) is 0. The third kappa shape index (κ3) is 4.49. The molecule has 0 aliphatic carbocycles. The number of ether oxygens (including phenoxy) is 1. The first kappa shape index (κ1) is 16.4. The van der Waals surface area contributed by atoms with Gasteiger partial charge in [-0.15, -0.1) is 0 Å². The molecule has 3 heteroatoms. The van der Waals surface area contributed by atoms with E-state index in [-0.39, 0.29) is 5.60 Å². The van der Waals surface area contributed by atoms with Crippen molar-refractivity contribution < 1.29 is 4.74 Å². The van der Waals surface area contributed by atoms with Gasteiger partial charge in [-0.2, -0.15) is 0 Å². The van der Waals surface area contributed by atoms with Crippen LogP contribution >= 0.6 is 38.5 Å². The van der Waals surface area contributed by atoms with Crippen molar-refractivity contribution >= 4 is 38.5 Å². The van der Waals surface area contributed by atoms with Crippen LogP contribution in [0.4, 0.5) is 0 Å². The lowest BCUT2D eigenvalue weighted by Gasteiger charge is -2.31. The average molecular weight is 425 g/mol. The van der Waals surface area contributed by atoms with Gasteiger partial charge in [0.1, 0.15) is 5.60 Å². The molecule has 0 radical (unpaired) electrons. The summed E-state index contributed by atoms with van der Waals surface area (Å²) in [5.41, 5.74) is 1.03. The SMILES string of the molecule is CCCC(C)COC(C)(CI)c1ccccc1Br. The zero-order valence-corrected chi connectivity index (χ0v) is 15.1. The van der Waals surface area contributed by atoms with Gasteiger partial charge >= 0.3 is 0 Å². The lowest BCUT2D eigenvalue weighted by Crippen LogP contribution is -2.30. The summed E-state index contributed by atoms with van der Waals surface area (Å²) in [4.78, 5) is 0. The standard InChI is InChI=1S/C15H22BrIO/c1-4-7-12(2)10-18-15(3,11-17)13-8-5-6-9-14(13)16/h5-6,8-9,12H,4,7,10-11H2,1-3H3. The Morgan fingerprint density at radius 3 is 2.61 bits per heavy atom. The number of benzene rings is 1. The summed E-state index contributed by atoms with van der Waals surface area (Å²) in [6, 6.07) is 8.34. The van der Waals surface area contributed by atoms with E-state index in [0.717, 1.165) is 15.5 Å². The molecule has 0 heterocycles. The maximum absolute atomic E-state index is 6.22. The molecule has 1 rings (SSSR count). The van der Waals surface area contributed by atoms with E-state index >= 15 is 0 Å². The summed E-state index contributed by atoms with van der Waals surface area (Å²) in [5, 5.41) is 0. The number of alkyl halides is 1. The smallest absolute Gasteiger partial charge is 0.100 e. The highest BCUT2D eigenvalue weighted by atomic mass is 127. The van der Waals surface area contributed by atoms with Gasteiger partial charge in [-0.1, -0.05) is 77.0 Å². The number of rotatable bonds is 7. The normalized spacial score (nSPS) is 16.3. The highest BCUT2D eigenvalue weighted by Gasteiger charge is 2.28. The Labute approximate surface area is 133 Å². The maximum atomic E-state index is 6.22. The van der Waals surface area contributed by atoms with Gasteiger partial charge in [0.25, 0.3) is 0 Å². The fourth-order valence-corrected chi connectivity index (χ4v) is 3.32. The molecule has 2 unspecified atom stereocenters. The van der Waals surface area contributed by atoms with Crippen LogP contribution in [-0.2, 0) is 10.3 Å². The predicted octanol–water partition coefficient (Wildman–Crippen LogP) is 5.55. The van der Waals surface area contributed by atoms with Gasteiger partial charge in [0.05, 0.1) is 6.61 Å². The molecule has 102 valence electrons. The fraction of sp³-hybridized carbons (Fsp3) is 0.600. The van der Waals surface area contributed by atoms with E-state index in [1.165, 1.54) is 18.4 Å². The van der Waals surface area contributed by atoms with Crippen LogP contribution < -0.4 is 0 Å². The Balaban J connectivity index is 2.77. The monoisotopic (exact) mass is 424 g/mol. The average Bonchev–Trinajstić information content (AvgIpc) is 2.37. The molecule has 0 saturated heterocycles. The third-order valence-corrected chi connectivity index (χ3v) is 5.31. The highest BCUT2D eigenvalue weighted by molar-refractivity contribution is 14.1. The van der Waals surface area contributed by atoms with E-state index in [4.69, 9.17) is 4.74 Å². The minimum Gasteiger partial charge on any atom is -0.369 e. The maximum Gasteiger partial charge on any atom is 0.100 e. The Hall–Kier alpha value is 0.390. The summed E-state index contributed by atoms with van der Waals surface area (Å²) >= 11 is 6.04. The molecule has 0 spiro atoms. The fourth-order valence-electron chi connectivity index (χ4n) is 1.98.